The normalized spacial score (nSPS) is 11.6. The predicted octanol–water partition coefficient (Wildman–Crippen LogP) is 16.1. The molecule has 0 atom stereocenters. The van der Waals surface area contributed by atoms with E-state index in [1.807, 2.05) is 0 Å². The zero-order valence-electron chi connectivity index (χ0n) is 39.8. The van der Waals surface area contributed by atoms with Crippen molar-refractivity contribution in [2.24, 2.45) is 0 Å². The van der Waals surface area contributed by atoms with E-state index >= 15 is 0 Å². The highest BCUT2D eigenvalue weighted by Crippen LogP contribution is 2.36. The van der Waals surface area contributed by atoms with Crippen molar-refractivity contribution in [3.05, 3.63) is 120 Å². The van der Waals surface area contributed by atoms with Gasteiger partial charge in [-0.2, -0.15) is 0 Å². The fourth-order valence-electron chi connectivity index (χ4n) is 9.76. The van der Waals surface area contributed by atoms with Gasteiger partial charge in [-0.3, -0.25) is 0 Å². The fourth-order valence-corrected chi connectivity index (χ4v) is 9.76. The lowest BCUT2D eigenvalue weighted by molar-refractivity contribution is 0.461. The number of hydrogen-bond donors (Lipinski definition) is 3. The molecule has 3 nitrogen and oxygen atoms in total. The SMILES string of the molecule is CCCCCCCCc1cc(Cc2c(C)c(Cc3cc(C)c(O)c(CCCCCCCC)c3)c(C)c(Cc3cc(C)c(O)c(CCCCCCCC)c3)c2C)cc(C)c1O. The third-order valence-electron chi connectivity index (χ3n) is 13.6. The fraction of sp³-hybridized carbons (Fsp3) is 0.579. The first-order valence-corrected chi connectivity index (χ1v) is 24.4. The molecule has 0 fully saturated rings. The summed E-state index contributed by atoms with van der Waals surface area (Å²) in [7, 11) is 0. The van der Waals surface area contributed by atoms with Gasteiger partial charge < -0.3 is 15.3 Å². The first kappa shape index (κ1) is 48.9. The molecule has 0 aliphatic rings. The maximum Gasteiger partial charge on any atom is 0.121 e. The lowest BCUT2D eigenvalue weighted by atomic mass is 9.81. The van der Waals surface area contributed by atoms with E-state index in [0.29, 0.717) is 17.2 Å². The van der Waals surface area contributed by atoms with Crippen LogP contribution in [-0.4, -0.2) is 15.3 Å². The second-order valence-corrected chi connectivity index (χ2v) is 18.7. The number of hydrogen-bond acceptors (Lipinski definition) is 3. The average molecular weight is 817 g/mol. The Balaban J connectivity index is 1.73. The van der Waals surface area contributed by atoms with Crippen LogP contribution in [0.25, 0.3) is 0 Å². The van der Waals surface area contributed by atoms with Crippen molar-refractivity contribution in [1.82, 2.24) is 0 Å². The third-order valence-corrected chi connectivity index (χ3v) is 13.6. The molecule has 0 aromatic heterocycles. The predicted molar refractivity (Wildman–Crippen MR) is 259 cm³/mol. The molecule has 0 radical (unpaired) electrons. The molecule has 4 aromatic carbocycles. The van der Waals surface area contributed by atoms with Gasteiger partial charge in [-0.05, 0) is 183 Å². The van der Waals surface area contributed by atoms with Gasteiger partial charge in [0.25, 0.3) is 0 Å². The van der Waals surface area contributed by atoms with Crippen molar-refractivity contribution in [3.63, 3.8) is 0 Å². The lowest BCUT2D eigenvalue weighted by Gasteiger charge is -2.24. The van der Waals surface area contributed by atoms with Gasteiger partial charge in [0, 0.05) is 0 Å². The van der Waals surface area contributed by atoms with Crippen LogP contribution in [0.4, 0.5) is 0 Å². The Labute approximate surface area is 367 Å². The summed E-state index contributed by atoms with van der Waals surface area (Å²) in [4.78, 5) is 0. The minimum absolute atomic E-state index is 0.463. The molecule has 0 amide bonds. The lowest BCUT2D eigenvalue weighted by Crippen LogP contribution is -2.10. The number of aryl methyl sites for hydroxylation is 6. The zero-order valence-corrected chi connectivity index (χ0v) is 39.8. The molecule has 0 aliphatic heterocycles. The summed E-state index contributed by atoms with van der Waals surface area (Å²) in [6.07, 6.45) is 27.5. The van der Waals surface area contributed by atoms with Crippen LogP contribution in [0.15, 0.2) is 36.4 Å². The van der Waals surface area contributed by atoms with E-state index in [-0.39, 0.29) is 0 Å². The van der Waals surface area contributed by atoms with Crippen LogP contribution >= 0.6 is 0 Å². The highest BCUT2D eigenvalue weighted by atomic mass is 16.3. The summed E-state index contributed by atoms with van der Waals surface area (Å²) in [6, 6.07) is 13.4. The minimum Gasteiger partial charge on any atom is -0.507 e. The van der Waals surface area contributed by atoms with E-state index in [1.54, 1.807) is 0 Å². The van der Waals surface area contributed by atoms with Crippen molar-refractivity contribution >= 4 is 0 Å². The van der Waals surface area contributed by atoms with E-state index in [9.17, 15) is 15.3 Å². The van der Waals surface area contributed by atoms with Crippen LogP contribution in [0.1, 0.15) is 220 Å². The molecule has 330 valence electrons. The second-order valence-electron chi connectivity index (χ2n) is 18.7. The Morgan fingerprint density at radius 1 is 0.317 bits per heavy atom. The minimum atomic E-state index is 0.463. The van der Waals surface area contributed by atoms with Crippen LogP contribution in [0.3, 0.4) is 0 Å². The molecule has 0 heterocycles. The van der Waals surface area contributed by atoms with Gasteiger partial charge in [0.05, 0.1) is 0 Å². The second kappa shape index (κ2) is 25.3. The maximum atomic E-state index is 11.2. The molecule has 3 N–H and O–H groups in total. The molecule has 0 saturated heterocycles. The molecular weight excluding hydrogens is 733 g/mol. The largest absolute Gasteiger partial charge is 0.507 e. The summed E-state index contributed by atoms with van der Waals surface area (Å²) in [5.74, 6) is 1.39. The number of benzene rings is 4. The molecule has 0 bridgehead atoms. The summed E-state index contributed by atoms with van der Waals surface area (Å²) in [5.41, 5.74) is 18.1. The molecule has 3 heteroatoms. The Morgan fingerprint density at radius 2 is 0.550 bits per heavy atom. The molecule has 0 aliphatic carbocycles. The van der Waals surface area contributed by atoms with Crippen molar-refractivity contribution in [3.8, 4) is 17.2 Å². The highest BCUT2D eigenvalue weighted by Gasteiger charge is 2.21. The van der Waals surface area contributed by atoms with Crippen molar-refractivity contribution in [1.29, 1.82) is 0 Å². The highest BCUT2D eigenvalue weighted by molar-refractivity contribution is 5.57. The van der Waals surface area contributed by atoms with Crippen LogP contribution < -0.4 is 0 Å². The number of rotatable bonds is 27. The topological polar surface area (TPSA) is 60.7 Å². The van der Waals surface area contributed by atoms with Crippen molar-refractivity contribution in [2.45, 2.75) is 216 Å². The van der Waals surface area contributed by atoms with Gasteiger partial charge in [-0.1, -0.05) is 153 Å². The number of phenols is 3. The van der Waals surface area contributed by atoms with E-state index in [4.69, 9.17) is 0 Å². The molecular formula is C57H84O3. The molecule has 0 saturated carbocycles. The first-order valence-electron chi connectivity index (χ1n) is 24.4. The average Bonchev–Trinajstić information content (AvgIpc) is 3.22. The van der Waals surface area contributed by atoms with E-state index in [1.165, 1.54) is 146 Å². The van der Waals surface area contributed by atoms with E-state index in [0.717, 1.165) is 91.2 Å². The quantitative estimate of drug-likeness (QED) is 0.0525. The van der Waals surface area contributed by atoms with Crippen LogP contribution in [0, 0.1) is 41.5 Å². The van der Waals surface area contributed by atoms with Crippen LogP contribution in [0.2, 0.25) is 0 Å². The van der Waals surface area contributed by atoms with Gasteiger partial charge in [-0.25, -0.2) is 0 Å². The zero-order chi connectivity index (χ0) is 43.6. The molecule has 60 heavy (non-hydrogen) atoms. The molecule has 4 aromatic rings. The molecule has 0 spiro atoms. The Hall–Kier alpha value is -3.72. The summed E-state index contributed by atoms with van der Waals surface area (Å²) in [6.45, 7) is 19.9. The van der Waals surface area contributed by atoms with Gasteiger partial charge in [-0.15, -0.1) is 0 Å². The van der Waals surface area contributed by atoms with Gasteiger partial charge in [0.1, 0.15) is 17.2 Å². The number of unbranched alkanes of at least 4 members (excludes halogenated alkanes) is 15. The van der Waals surface area contributed by atoms with E-state index < -0.39 is 0 Å². The number of aromatic hydroxyl groups is 3. The molecule has 4 rings (SSSR count). The smallest absolute Gasteiger partial charge is 0.121 e. The first-order chi connectivity index (χ1) is 28.9. The standard InChI is InChI=1S/C57H84O3/c1-10-13-16-19-22-25-28-49-34-46(31-40(4)55(49)58)37-52-43(7)53(38-47-32-41(5)56(59)50(35-47)29-26-23-20-17-14-11-2)45(9)54(44(52)8)39-48-33-42(6)57(60)51(36-48)30-27-24-21-18-15-12-3/h31-36,58-60H,10-30,37-39H2,1-9H3. The van der Waals surface area contributed by atoms with E-state index in [2.05, 4.69) is 98.7 Å². The van der Waals surface area contributed by atoms with Crippen LogP contribution in [0.5, 0.6) is 17.2 Å². The Morgan fingerprint density at radius 3 is 0.800 bits per heavy atom. The van der Waals surface area contributed by atoms with Crippen LogP contribution in [-0.2, 0) is 38.5 Å². The van der Waals surface area contributed by atoms with Gasteiger partial charge in [0.15, 0.2) is 0 Å². The third kappa shape index (κ3) is 14.2. The van der Waals surface area contributed by atoms with Gasteiger partial charge in [0.2, 0.25) is 0 Å². The van der Waals surface area contributed by atoms with Crippen molar-refractivity contribution < 1.29 is 15.3 Å². The van der Waals surface area contributed by atoms with Gasteiger partial charge >= 0.3 is 0 Å². The van der Waals surface area contributed by atoms with Crippen molar-refractivity contribution in [2.75, 3.05) is 0 Å². The Bertz CT molecular complexity index is 1700. The molecule has 0 unspecified atom stereocenters. The monoisotopic (exact) mass is 817 g/mol. The summed E-state index contributed by atoms with van der Waals surface area (Å²) >= 11 is 0. The Kier molecular flexibility index (Phi) is 20.6. The maximum absolute atomic E-state index is 11.2. The number of phenolic OH excluding ortho intramolecular Hbond substituents is 3. The summed E-state index contributed by atoms with van der Waals surface area (Å²) < 4.78 is 0. The summed E-state index contributed by atoms with van der Waals surface area (Å²) in [5, 5.41) is 33.6.